The van der Waals surface area contributed by atoms with E-state index in [-0.39, 0.29) is 23.2 Å². The minimum atomic E-state index is -0.919. The molecule has 1 aromatic carbocycles. The van der Waals surface area contributed by atoms with Gasteiger partial charge in [0.25, 0.3) is 0 Å². The SMILES string of the molecule is CCC1(O)CCC2C3CCC4(O)CC5(CCC4=C3C(c3ccc(C#CCC=O)cc3)CC21C)OCC(C)(C)CO5. The molecule has 3 saturated carbocycles. The number of hydrogen-bond donors (Lipinski definition) is 2. The molecule has 5 nitrogen and oxygen atoms in total. The largest absolute Gasteiger partial charge is 0.389 e. The molecule has 216 valence electrons. The van der Waals surface area contributed by atoms with Gasteiger partial charge in [-0.2, -0.15) is 0 Å². The molecule has 0 bridgehead atoms. The van der Waals surface area contributed by atoms with E-state index in [1.807, 2.05) is 0 Å². The molecule has 6 rings (SSSR count). The smallest absolute Gasteiger partial charge is 0.171 e. The molecular weight excluding hydrogens is 500 g/mol. The minimum absolute atomic E-state index is 0.00842. The Morgan fingerprint density at radius 3 is 2.42 bits per heavy atom. The average Bonchev–Trinajstić information content (AvgIpc) is 3.21. The van der Waals surface area contributed by atoms with Gasteiger partial charge >= 0.3 is 0 Å². The topological polar surface area (TPSA) is 76.0 Å². The Morgan fingerprint density at radius 1 is 1.02 bits per heavy atom. The van der Waals surface area contributed by atoms with E-state index in [9.17, 15) is 15.0 Å². The Hall–Kier alpha value is -1.97. The lowest BCUT2D eigenvalue weighted by Crippen LogP contribution is -2.58. The molecular formula is C35H46O5. The van der Waals surface area contributed by atoms with Gasteiger partial charge in [-0.15, -0.1) is 0 Å². The minimum Gasteiger partial charge on any atom is -0.389 e. The van der Waals surface area contributed by atoms with Gasteiger partial charge in [0.05, 0.1) is 30.8 Å². The van der Waals surface area contributed by atoms with E-state index in [0.717, 1.165) is 63.2 Å². The third kappa shape index (κ3) is 4.42. The fourth-order valence-corrected chi connectivity index (χ4v) is 9.22. The highest BCUT2D eigenvalue weighted by Crippen LogP contribution is 2.68. The summed E-state index contributed by atoms with van der Waals surface area (Å²) in [4.78, 5) is 10.7. The highest BCUT2D eigenvalue weighted by molar-refractivity contribution is 5.55. The number of carbonyl (C=O) groups is 1. The quantitative estimate of drug-likeness (QED) is 0.274. The number of benzene rings is 1. The van der Waals surface area contributed by atoms with Crippen LogP contribution in [-0.2, 0) is 14.3 Å². The predicted molar refractivity (Wildman–Crippen MR) is 154 cm³/mol. The molecule has 4 fully saturated rings. The Bertz CT molecular complexity index is 1240. The Morgan fingerprint density at radius 2 is 1.75 bits per heavy atom. The van der Waals surface area contributed by atoms with Gasteiger partial charge in [0.1, 0.15) is 6.29 Å². The van der Waals surface area contributed by atoms with Crippen LogP contribution in [0.3, 0.4) is 0 Å². The van der Waals surface area contributed by atoms with Gasteiger partial charge in [-0.1, -0.05) is 57.2 Å². The van der Waals surface area contributed by atoms with E-state index in [2.05, 4.69) is 63.8 Å². The molecule has 2 N–H and O–H groups in total. The van der Waals surface area contributed by atoms with E-state index in [0.29, 0.717) is 31.5 Å². The van der Waals surface area contributed by atoms with Crippen LogP contribution in [-0.4, -0.2) is 46.7 Å². The Balaban J connectivity index is 1.41. The van der Waals surface area contributed by atoms with Crippen LogP contribution in [0.4, 0.5) is 0 Å². The lowest BCUT2D eigenvalue weighted by Gasteiger charge is -2.58. The summed E-state index contributed by atoms with van der Waals surface area (Å²) in [5.41, 5.74) is 3.03. The van der Waals surface area contributed by atoms with Gasteiger partial charge < -0.3 is 24.5 Å². The summed E-state index contributed by atoms with van der Waals surface area (Å²) in [6.45, 7) is 10.1. The molecule has 6 unspecified atom stereocenters. The van der Waals surface area contributed by atoms with Gasteiger partial charge in [0.15, 0.2) is 5.79 Å². The van der Waals surface area contributed by atoms with Crippen molar-refractivity contribution in [2.45, 2.75) is 115 Å². The zero-order valence-corrected chi connectivity index (χ0v) is 24.7. The van der Waals surface area contributed by atoms with Crippen LogP contribution in [0.2, 0.25) is 0 Å². The molecule has 0 radical (unpaired) electrons. The van der Waals surface area contributed by atoms with Crippen molar-refractivity contribution in [2.75, 3.05) is 13.2 Å². The molecule has 5 aliphatic rings. The number of fused-ring (bicyclic) bond motifs is 4. The maximum absolute atomic E-state index is 12.3. The molecule has 40 heavy (non-hydrogen) atoms. The fraction of sp³-hybridized carbons (Fsp3) is 0.686. The number of rotatable bonds is 3. The van der Waals surface area contributed by atoms with E-state index in [1.54, 1.807) is 0 Å². The van der Waals surface area contributed by atoms with Gasteiger partial charge in [0, 0.05) is 35.2 Å². The highest BCUT2D eigenvalue weighted by atomic mass is 16.7. The highest BCUT2D eigenvalue weighted by Gasteiger charge is 2.64. The second kappa shape index (κ2) is 9.80. The second-order valence-corrected chi connectivity index (χ2v) is 14.4. The van der Waals surface area contributed by atoms with E-state index in [1.165, 1.54) is 16.7 Å². The second-order valence-electron chi connectivity index (χ2n) is 14.4. The van der Waals surface area contributed by atoms with Crippen molar-refractivity contribution in [2.24, 2.45) is 22.7 Å². The lowest BCUT2D eigenvalue weighted by atomic mass is 9.49. The van der Waals surface area contributed by atoms with Crippen LogP contribution in [0.15, 0.2) is 35.4 Å². The molecule has 5 heteroatoms. The summed E-state index contributed by atoms with van der Waals surface area (Å²) in [5.74, 6) is 6.23. The number of aliphatic hydroxyl groups is 2. The van der Waals surface area contributed by atoms with E-state index in [4.69, 9.17) is 9.47 Å². The maximum atomic E-state index is 12.3. The summed E-state index contributed by atoms with van der Waals surface area (Å²) in [7, 11) is 0. The lowest BCUT2D eigenvalue weighted by molar-refractivity contribution is -0.322. The van der Waals surface area contributed by atoms with Crippen molar-refractivity contribution in [1.29, 1.82) is 0 Å². The third-order valence-electron chi connectivity index (χ3n) is 11.5. The third-order valence-corrected chi connectivity index (χ3v) is 11.5. The molecule has 0 amide bonds. The van der Waals surface area contributed by atoms with Gasteiger partial charge in [0.2, 0.25) is 0 Å². The molecule has 4 aliphatic carbocycles. The first-order valence-corrected chi connectivity index (χ1v) is 15.5. The van der Waals surface area contributed by atoms with Crippen molar-refractivity contribution in [3.05, 3.63) is 46.5 Å². The Labute approximate surface area is 239 Å². The summed E-state index contributed by atoms with van der Waals surface area (Å²) in [5, 5.41) is 24.3. The molecule has 0 aromatic heterocycles. The van der Waals surface area contributed by atoms with Crippen LogP contribution in [0, 0.1) is 34.5 Å². The summed E-state index contributed by atoms with van der Waals surface area (Å²) >= 11 is 0. The summed E-state index contributed by atoms with van der Waals surface area (Å²) in [6.07, 6.45) is 8.34. The van der Waals surface area contributed by atoms with Crippen molar-refractivity contribution >= 4 is 6.29 Å². The normalized spacial score (nSPS) is 39.5. The zero-order valence-electron chi connectivity index (χ0n) is 24.7. The predicted octanol–water partition coefficient (Wildman–Crippen LogP) is 6.06. The van der Waals surface area contributed by atoms with Crippen LogP contribution in [0.5, 0.6) is 0 Å². The maximum Gasteiger partial charge on any atom is 0.171 e. The first-order valence-electron chi connectivity index (χ1n) is 15.5. The monoisotopic (exact) mass is 546 g/mol. The van der Waals surface area contributed by atoms with Gasteiger partial charge in [-0.3, -0.25) is 0 Å². The van der Waals surface area contributed by atoms with Crippen molar-refractivity contribution in [1.82, 2.24) is 0 Å². The standard InChI is InChI=1S/C35H46O5/c1-5-34(38)17-14-28-26-13-16-33(37)21-35(39-22-31(2,3)23-40-35)18-15-29(33)30(26)27(20-32(28,34)4)25-11-9-24(10-12-25)8-6-7-19-36/h9-12,19,26-28,37-38H,5,7,13-18,20-23H2,1-4H3. The molecule has 1 saturated heterocycles. The summed E-state index contributed by atoms with van der Waals surface area (Å²) < 4.78 is 12.8. The van der Waals surface area contributed by atoms with Crippen LogP contribution in [0.1, 0.15) is 109 Å². The molecule has 1 aliphatic heterocycles. The number of ether oxygens (including phenoxy) is 2. The molecule has 1 aromatic rings. The zero-order chi connectivity index (χ0) is 28.4. The van der Waals surface area contributed by atoms with Crippen LogP contribution < -0.4 is 0 Å². The number of carbonyl (C=O) groups excluding carboxylic acids is 1. The number of hydrogen-bond acceptors (Lipinski definition) is 5. The van der Waals surface area contributed by atoms with E-state index >= 15 is 0 Å². The average molecular weight is 547 g/mol. The summed E-state index contributed by atoms with van der Waals surface area (Å²) in [6, 6.07) is 8.46. The van der Waals surface area contributed by atoms with Crippen molar-refractivity contribution in [3.63, 3.8) is 0 Å². The molecule has 6 atom stereocenters. The van der Waals surface area contributed by atoms with Gasteiger partial charge in [-0.25, -0.2) is 0 Å². The fourth-order valence-electron chi connectivity index (χ4n) is 9.22. The van der Waals surface area contributed by atoms with Gasteiger partial charge in [-0.05, 0) is 80.1 Å². The van der Waals surface area contributed by atoms with Crippen LogP contribution in [0.25, 0.3) is 0 Å². The van der Waals surface area contributed by atoms with Crippen LogP contribution >= 0.6 is 0 Å². The number of allylic oxidation sites excluding steroid dienone is 1. The molecule has 1 heterocycles. The Kier molecular flexibility index (Phi) is 6.90. The first kappa shape index (κ1) is 28.2. The van der Waals surface area contributed by atoms with Crippen molar-refractivity contribution < 1.29 is 24.5 Å². The molecule has 1 spiro atoms. The number of aldehydes is 1. The van der Waals surface area contributed by atoms with Crippen molar-refractivity contribution in [3.8, 4) is 11.8 Å². The first-order chi connectivity index (χ1) is 19.0. The van der Waals surface area contributed by atoms with E-state index < -0.39 is 17.0 Å².